The van der Waals surface area contributed by atoms with E-state index in [0.29, 0.717) is 35.0 Å². The number of aryl methyl sites for hydroxylation is 2. The highest BCUT2D eigenvalue weighted by molar-refractivity contribution is 5.98. The van der Waals surface area contributed by atoms with E-state index >= 15 is 0 Å². The molecule has 6 N–H and O–H groups in total. The maximum atomic E-state index is 11.4. The fourth-order valence-corrected chi connectivity index (χ4v) is 5.08. The van der Waals surface area contributed by atoms with E-state index < -0.39 is 16.7 Å². The quantitative estimate of drug-likeness (QED) is 0.113. The molecule has 0 saturated heterocycles. The lowest BCUT2D eigenvalue weighted by Gasteiger charge is -2.07. The Morgan fingerprint density at radius 3 is 1.63 bits per heavy atom. The number of nitro benzene ring substituents is 1. The van der Waals surface area contributed by atoms with Crippen molar-refractivity contribution in [3.05, 3.63) is 130 Å². The molecule has 0 aliphatic rings. The Balaban J connectivity index is 0.000000182. The lowest BCUT2D eigenvalue weighted by molar-refractivity contribution is -0.384. The maximum absolute atomic E-state index is 11.4. The van der Waals surface area contributed by atoms with Gasteiger partial charge in [0.1, 0.15) is 36.1 Å². The molecule has 0 fully saturated rings. The second-order valence-corrected chi connectivity index (χ2v) is 10.6. The number of carbonyl (C=O) groups excluding carboxylic acids is 2. The molecule has 234 valence electrons. The van der Waals surface area contributed by atoms with E-state index in [9.17, 15) is 19.7 Å². The zero-order valence-electron chi connectivity index (χ0n) is 25.2. The molecule has 0 unspecified atom stereocenters. The summed E-state index contributed by atoms with van der Waals surface area (Å²) in [7, 11) is 3.59. The van der Waals surface area contributed by atoms with Gasteiger partial charge in [-0.15, -0.1) is 0 Å². The van der Waals surface area contributed by atoms with Gasteiger partial charge in [-0.1, -0.05) is 24.3 Å². The molecule has 12 nitrogen and oxygen atoms in total. The fraction of sp³-hybridized carbons (Fsp3) is 0.118. The van der Waals surface area contributed by atoms with Crippen molar-refractivity contribution in [1.82, 2.24) is 9.13 Å². The summed E-state index contributed by atoms with van der Waals surface area (Å²) in [6, 6.07) is 28.5. The molecule has 2 amide bonds. The third kappa shape index (κ3) is 6.91. The minimum Gasteiger partial charge on any atom is -0.489 e. The van der Waals surface area contributed by atoms with Crippen LogP contribution in [0.3, 0.4) is 0 Å². The van der Waals surface area contributed by atoms with E-state index in [0.717, 1.165) is 33.1 Å². The van der Waals surface area contributed by atoms with Gasteiger partial charge in [-0.2, -0.15) is 0 Å². The van der Waals surface area contributed by atoms with Crippen molar-refractivity contribution in [2.45, 2.75) is 13.2 Å². The molecule has 12 heteroatoms. The molecular weight excluding hydrogens is 588 g/mol. The standard InChI is InChI=1S/C17H15N3O4.C17H17N3O2/c1-19-15-6-5-14(8-12(15)9-16(19)17(18)21)24-10-11-3-2-4-13(7-11)20(22)23;1-20-15-6-5-14(8-12(15)9-16(20)17(19)21)22-10-11-3-2-4-13(18)7-11/h2-9H,10H2,1H3,(H2,18,21);2-9H,10,18H2,1H3,(H2,19,21). The number of fused-ring (bicyclic) bond motifs is 2. The van der Waals surface area contributed by atoms with Gasteiger partial charge in [-0.25, -0.2) is 0 Å². The molecule has 0 aliphatic carbocycles. The van der Waals surface area contributed by atoms with Crippen LogP contribution < -0.4 is 26.7 Å². The Morgan fingerprint density at radius 1 is 0.696 bits per heavy atom. The van der Waals surface area contributed by atoms with Crippen LogP contribution in [0.15, 0.2) is 97.1 Å². The summed E-state index contributed by atoms with van der Waals surface area (Å²) in [6.07, 6.45) is 0. The minimum atomic E-state index is -0.493. The monoisotopic (exact) mass is 620 g/mol. The number of hydrogen-bond acceptors (Lipinski definition) is 7. The van der Waals surface area contributed by atoms with Gasteiger partial charge in [0.15, 0.2) is 0 Å². The minimum absolute atomic E-state index is 0.0284. The Hall–Kier alpha value is -6.30. The Kier molecular flexibility index (Phi) is 8.89. The highest BCUT2D eigenvalue weighted by Crippen LogP contribution is 2.26. The molecule has 2 heterocycles. The molecule has 0 atom stereocenters. The van der Waals surface area contributed by atoms with Gasteiger partial charge in [0, 0.05) is 53.7 Å². The first-order valence-corrected chi connectivity index (χ1v) is 14.1. The second-order valence-electron chi connectivity index (χ2n) is 10.6. The van der Waals surface area contributed by atoms with E-state index in [1.54, 1.807) is 52.6 Å². The van der Waals surface area contributed by atoms with Crippen LogP contribution >= 0.6 is 0 Å². The lowest BCUT2D eigenvalue weighted by atomic mass is 10.2. The number of anilines is 1. The number of amides is 2. The number of nitrogens with zero attached hydrogens (tertiary/aromatic N) is 3. The summed E-state index contributed by atoms with van der Waals surface area (Å²) in [6.45, 7) is 0.648. The number of non-ortho nitro benzene ring substituents is 1. The van der Waals surface area contributed by atoms with Gasteiger partial charge in [0.05, 0.1) is 4.92 Å². The summed E-state index contributed by atoms with van der Waals surface area (Å²) < 4.78 is 15.0. The molecule has 6 aromatic rings. The van der Waals surface area contributed by atoms with Crippen LogP contribution in [0.25, 0.3) is 21.8 Å². The van der Waals surface area contributed by atoms with E-state index in [1.807, 2.05) is 55.6 Å². The number of hydrogen-bond donors (Lipinski definition) is 3. The molecule has 0 spiro atoms. The number of aromatic nitrogens is 2. The molecule has 0 radical (unpaired) electrons. The fourth-order valence-electron chi connectivity index (χ4n) is 5.08. The number of carbonyl (C=O) groups is 2. The van der Waals surface area contributed by atoms with Gasteiger partial charge in [0.2, 0.25) is 0 Å². The highest BCUT2D eigenvalue weighted by Gasteiger charge is 2.12. The van der Waals surface area contributed by atoms with Gasteiger partial charge in [-0.3, -0.25) is 19.7 Å². The molecule has 46 heavy (non-hydrogen) atoms. The van der Waals surface area contributed by atoms with E-state index in [4.69, 9.17) is 26.7 Å². The Labute approximate surface area is 263 Å². The third-order valence-electron chi connectivity index (χ3n) is 7.42. The normalized spacial score (nSPS) is 10.7. The molecular formula is C34H32N6O6. The zero-order valence-corrected chi connectivity index (χ0v) is 25.2. The van der Waals surface area contributed by atoms with Crippen molar-refractivity contribution in [1.29, 1.82) is 0 Å². The summed E-state index contributed by atoms with van der Waals surface area (Å²) in [4.78, 5) is 33.1. The number of benzene rings is 4. The van der Waals surface area contributed by atoms with Crippen molar-refractivity contribution < 1.29 is 24.0 Å². The first-order valence-electron chi connectivity index (χ1n) is 14.1. The summed E-state index contributed by atoms with van der Waals surface area (Å²) in [5.74, 6) is 0.404. The lowest BCUT2D eigenvalue weighted by Crippen LogP contribution is -2.14. The first kappa shape index (κ1) is 31.1. The van der Waals surface area contributed by atoms with Crippen LogP contribution in [-0.2, 0) is 27.3 Å². The third-order valence-corrected chi connectivity index (χ3v) is 7.42. The van der Waals surface area contributed by atoms with E-state index in [-0.39, 0.29) is 12.3 Å². The van der Waals surface area contributed by atoms with E-state index in [1.165, 1.54) is 12.1 Å². The number of primary amides is 2. The SMILES string of the molecule is Cn1c(C(N)=O)cc2cc(OCc3cccc(N)c3)ccc21.Cn1c(C(N)=O)cc2cc(OCc3cccc([N+](=O)[O-])c3)ccc21. The predicted octanol–water partition coefficient (Wildman–Crippen LogP) is 5.20. The average Bonchev–Trinajstić information content (AvgIpc) is 3.55. The van der Waals surface area contributed by atoms with Crippen LogP contribution in [0, 0.1) is 10.1 Å². The molecule has 2 aromatic heterocycles. The van der Waals surface area contributed by atoms with Crippen molar-refractivity contribution in [3.63, 3.8) is 0 Å². The zero-order chi connectivity index (χ0) is 33.0. The van der Waals surface area contributed by atoms with E-state index in [2.05, 4.69) is 0 Å². The van der Waals surface area contributed by atoms with Gasteiger partial charge >= 0.3 is 0 Å². The van der Waals surface area contributed by atoms with Crippen molar-refractivity contribution in [3.8, 4) is 11.5 Å². The van der Waals surface area contributed by atoms with Gasteiger partial charge in [0.25, 0.3) is 17.5 Å². The number of nitro groups is 1. The Bertz CT molecular complexity index is 2100. The van der Waals surface area contributed by atoms with Gasteiger partial charge < -0.3 is 35.8 Å². The number of nitrogen functional groups attached to an aromatic ring is 1. The Morgan fingerprint density at radius 2 is 1.17 bits per heavy atom. The van der Waals surface area contributed by atoms with Crippen LogP contribution in [0.5, 0.6) is 11.5 Å². The molecule has 0 aliphatic heterocycles. The number of ether oxygens (including phenoxy) is 2. The van der Waals surface area contributed by atoms with Crippen LogP contribution in [0.2, 0.25) is 0 Å². The summed E-state index contributed by atoms with van der Waals surface area (Å²) >= 11 is 0. The summed E-state index contributed by atoms with van der Waals surface area (Å²) in [5.41, 5.74) is 21.6. The number of rotatable bonds is 9. The van der Waals surface area contributed by atoms with Crippen molar-refractivity contribution >= 4 is 45.0 Å². The smallest absolute Gasteiger partial charge is 0.269 e. The highest BCUT2D eigenvalue weighted by atomic mass is 16.6. The topological polar surface area (TPSA) is 184 Å². The van der Waals surface area contributed by atoms with Gasteiger partial charge in [-0.05, 0) is 71.8 Å². The first-order chi connectivity index (χ1) is 22.0. The molecule has 0 saturated carbocycles. The van der Waals surface area contributed by atoms with Crippen molar-refractivity contribution in [2.75, 3.05) is 5.73 Å². The molecule has 4 aromatic carbocycles. The number of nitrogens with two attached hydrogens (primary N) is 3. The van der Waals surface area contributed by atoms with Crippen LogP contribution in [0.1, 0.15) is 32.1 Å². The molecule has 6 rings (SSSR count). The molecule has 0 bridgehead atoms. The summed E-state index contributed by atoms with van der Waals surface area (Å²) in [5, 5.41) is 12.5. The average molecular weight is 621 g/mol. The van der Waals surface area contributed by atoms with Crippen LogP contribution in [0.4, 0.5) is 11.4 Å². The second kappa shape index (κ2) is 13.1. The van der Waals surface area contributed by atoms with Crippen LogP contribution in [-0.4, -0.2) is 25.9 Å². The van der Waals surface area contributed by atoms with Crippen molar-refractivity contribution in [2.24, 2.45) is 25.6 Å². The predicted molar refractivity (Wildman–Crippen MR) is 175 cm³/mol. The largest absolute Gasteiger partial charge is 0.489 e. The maximum Gasteiger partial charge on any atom is 0.269 e.